The number of ether oxygens (including phenoxy) is 1. The molecule has 2 aromatic rings. The van der Waals surface area contributed by atoms with Crippen LogP contribution in [0.25, 0.3) is 0 Å². The fourth-order valence-electron chi connectivity index (χ4n) is 6.16. The Kier molecular flexibility index (Phi) is 6.76. The van der Waals surface area contributed by atoms with Crippen molar-refractivity contribution < 1.29 is 24.2 Å². The summed E-state index contributed by atoms with van der Waals surface area (Å²) < 4.78 is 6.41. The first-order chi connectivity index (χ1) is 17.4. The molecule has 3 N–H and O–H groups in total. The van der Waals surface area contributed by atoms with Gasteiger partial charge >= 0.3 is 0 Å². The van der Waals surface area contributed by atoms with E-state index in [9.17, 15) is 19.5 Å². The van der Waals surface area contributed by atoms with E-state index in [1.54, 1.807) is 24.3 Å². The Morgan fingerprint density at radius 3 is 2.58 bits per heavy atom. The monoisotopic (exact) mass is 511 g/mol. The van der Waals surface area contributed by atoms with Crippen LogP contribution in [0.15, 0.2) is 54.6 Å². The van der Waals surface area contributed by atoms with Gasteiger partial charge in [0.1, 0.15) is 11.6 Å². The van der Waals surface area contributed by atoms with E-state index in [1.807, 2.05) is 37.3 Å². The van der Waals surface area contributed by atoms with Crippen LogP contribution in [0.2, 0.25) is 5.02 Å². The van der Waals surface area contributed by atoms with Gasteiger partial charge in [0.05, 0.1) is 41.3 Å². The Morgan fingerprint density at radius 2 is 1.89 bits per heavy atom. The fraction of sp³-hybridized carbons (Fsp3) is 0.444. The van der Waals surface area contributed by atoms with E-state index >= 15 is 0 Å². The maximum absolute atomic E-state index is 13.9. The Labute approximate surface area is 215 Å². The molecule has 3 heterocycles. The molecule has 0 aromatic heterocycles. The number of rotatable bonds is 8. The van der Waals surface area contributed by atoms with Crippen molar-refractivity contribution in [3.63, 3.8) is 0 Å². The van der Waals surface area contributed by atoms with Gasteiger partial charge in [0.2, 0.25) is 17.7 Å². The molecule has 2 unspecified atom stereocenters. The van der Waals surface area contributed by atoms with E-state index in [-0.39, 0.29) is 18.4 Å². The zero-order valence-corrected chi connectivity index (χ0v) is 20.8. The number of anilines is 1. The normalized spacial score (nSPS) is 29.2. The summed E-state index contributed by atoms with van der Waals surface area (Å²) in [5.41, 5.74) is 0.246. The van der Waals surface area contributed by atoms with Gasteiger partial charge in [0.15, 0.2) is 0 Å². The predicted octanol–water partition coefficient (Wildman–Crippen LogP) is 2.74. The molecule has 3 fully saturated rings. The van der Waals surface area contributed by atoms with Gasteiger partial charge in [-0.3, -0.25) is 14.4 Å². The second-order valence-electron chi connectivity index (χ2n) is 9.72. The Bertz CT molecular complexity index is 1160. The third kappa shape index (κ3) is 3.97. The van der Waals surface area contributed by atoms with Crippen LogP contribution in [0.4, 0.5) is 5.69 Å². The molecule has 0 aliphatic carbocycles. The lowest BCUT2D eigenvalue weighted by Gasteiger charge is -2.36. The predicted molar refractivity (Wildman–Crippen MR) is 134 cm³/mol. The third-order valence-corrected chi connectivity index (χ3v) is 8.14. The second-order valence-corrected chi connectivity index (χ2v) is 10.1. The van der Waals surface area contributed by atoms with E-state index in [0.29, 0.717) is 36.5 Å². The van der Waals surface area contributed by atoms with Crippen LogP contribution in [-0.2, 0) is 25.7 Å². The topological polar surface area (TPSA) is 108 Å². The number of benzene rings is 2. The van der Waals surface area contributed by atoms with E-state index in [1.165, 1.54) is 4.90 Å². The van der Waals surface area contributed by atoms with Gasteiger partial charge in [-0.1, -0.05) is 61.0 Å². The molecule has 2 bridgehead atoms. The highest BCUT2D eigenvalue weighted by atomic mass is 35.5. The molecule has 9 heteroatoms. The van der Waals surface area contributed by atoms with Crippen molar-refractivity contribution in [2.45, 2.75) is 56.5 Å². The highest BCUT2D eigenvalue weighted by Crippen LogP contribution is 2.59. The molecule has 0 saturated carbocycles. The molecule has 6 atom stereocenters. The minimum atomic E-state index is -1.13. The van der Waals surface area contributed by atoms with Gasteiger partial charge in [-0.2, -0.15) is 0 Å². The molecule has 1 spiro atoms. The molecule has 36 heavy (non-hydrogen) atoms. The standard InChI is InChI=1S/C27H30ClN3O5/c1-2-17(15-32)31-23(25(34)30-19-11-7-6-10-18(19)28)27-13-12-20(36-27)21(22(27)26(31)35)24(33)29-14-16-8-4-3-5-9-16/h3-11,17,20-23,32H,2,12-15H2,1H3,(H,29,33)(H,30,34)/t17-,20-,21+,22-,23?,27?/m0/s1. The highest BCUT2D eigenvalue weighted by Gasteiger charge is 2.75. The van der Waals surface area contributed by atoms with Crippen LogP contribution in [0.5, 0.6) is 0 Å². The number of hydrogen-bond donors (Lipinski definition) is 3. The number of aliphatic hydroxyl groups excluding tert-OH is 1. The Balaban J connectivity index is 1.46. The van der Waals surface area contributed by atoms with E-state index in [0.717, 1.165) is 5.56 Å². The molecule has 190 valence electrons. The van der Waals surface area contributed by atoms with Crippen molar-refractivity contribution in [1.29, 1.82) is 0 Å². The van der Waals surface area contributed by atoms with E-state index in [2.05, 4.69) is 10.6 Å². The summed E-state index contributed by atoms with van der Waals surface area (Å²) in [5.74, 6) is -2.51. The van der Waals surface area contributed by atoms with E-state index < -0.39 is 41.5 Å². The van der Waals surface area contributed by atoms with E-state index in [4.69, 9.17) is 16.3 Å². The number of amides is 3. The van der Waals surface area contributed by atoms with Gasteiger partial charge in [0, 0.05) is 6.54 Å². The number of fused-ring (bicyclic) bond motifs is 1. The molecule has 3 aliphatic rings. The van der Waals surface area contributed by atoms with Gasteiger partial charge in [-0.15, -0.1) is 0 Å². The molecule has 3 aliphatic heterocycles. The smallest absolute Gasteiger partial charge is 0.250 e. The zero-order valence-electron chi connectivity index (χ0n) is 20.0. The van der Waals surface area contributed by atoms with Crippen LogP contribution in [-0.4, -0.2) is 58.1 Å². The molecule has 0 radical (unpaired) electrons. The molecule has 3 amide bonds. The first-order valence-corrected chi connectivity index (χ1v) is 12.8. The van der Waals surface area contributed by atoms with Gasteiger partial charge < -0.3 is 25.4 Å². The van der Waals surface area contributed by atoms with Gasteiger partial charge in [-0.05, 0) is 37.0 Å². The van der Waals surface area contributed by atoms with Gasteiger partial charge in [0.25, 0.3) is 0 Å². The number of carbonyl (C=O) groups excluding carboxylic acids is 3. The number of nitrogens with zero attached hydrogens (tertiary/aromatic N) is 1. The minimum absolute atomic E-state index is 0.257. The maximum atomic E-state index is 13.9. The number of para-hydroxylation sites is 1. The Morgan fingerprint density at radius 1 is 1.17 bits per heavy atom. The number of halogens is 1. The molecule has 3 saturated heterocycles. The lowest BCUT2D eigenvalue weighted by atomic mass is 9.70. The lowest BCUT2D eigenvalue weighted by Crippen LogP contribution is -2.56. The summed E-state index contributed by atoms with van der Waals surface area (Å²) in [7, 11) is 0. The largest absolute Gasteiger partial charge is 0.394 e. The molecule has 2 aromatic carbocycles. The summed E-state index contributed by atoms with van der Waals surface area (Å²) >= 11 is 6.28. The Hall–Kier alpha value is -2.94. The number of likely N-dealkylation sites (tertiary alicyclic amines) is 1. The number of hydrogen-bond acceptors (Lipinski definition) is 5. The second kappa shape index (κ2) is 9.84. The SMILES string of the molecule is CC[C@@H](CO)N1C(=O)[C@@H]2[C@H](C(=O)NCc3ccccc3)[C@@H]3CCC2(O3)C1C(=O)Nc1ccccc1Cl. The fourth-order valence-corrected chi connectivity index (χ4v) is 6.35. The van der Waals surface area contributed by atoms with Crippen molar-refractivity contribution in [1.82, 2.24) is 10.2 Å². The first-order valence-electron chi connectivity index (χ1n) is 12.4. The van der Waals surface area contributed by atoms with Crippen LogP contribution in [0, 0.1) is 11.8 Å². The third-order valence-electron chi connectivity index (χ3n) is 7.81. The quantitative estimate of drug-likeness (QED) is 0.505. The number of aliphatic hydroxyl groups is 1. The summed E-state index contributed by atoms with van der Waals surface area (Å²) in [6, 6.07) is 14.9. The maximum Gasteiger partial charge on any atom is 0.250 e. The molecule has 8 nitrogen and oxygen atoms in total. The van der Waals surface area contributed by atoms with Crippen LogP contribution >= 0.6 is 11.6 Å². The molecular formula is C27H30ClN3O5. The highest BCUT2D eigenvalue weighted by molar-refractivity contribution is 6.33. The van der Waals surface area contributed by atoms with Crippen LogP contribution in [0.1, 0.15) is 31.7 Å². The van der Waals surface area contributed by atoms with Crippen molar-refractivity contribution in [2.24, 2.45) is 11.8 Å². The minimum Gasteiger partial charge on any atom is -0.394 e. The lowest BCUT2D eigenvalue weighted by molar-refractivity contribution is -0.144. The number of nitrogens with one attached hydrogen (secondary N) is 2. The average Bonchev–Trinajstić information content (AvgIpc) is 3.53. The summed E-state index contributed by atoms with van der Waals surface area (Å²) in [6.07, 6.45) is 1.07. The van der Waals surface area contributed by atoms with Crippen molar-refractivity contribution >= 4 is 35.0 Å². The summed E-state index contributed by atoms with van der Waals surface area (Å²) in [5, 5.41) is 16.3. The first kappa shape index (κ1) is 24.7. The van der Waals surface area contributed by atoms with Gasteiger partial charge in [-0.25, -0.2) is 0 Å². The van der Waals surface area contributed by atoms with Crippen LogP contribution < -0.4 is 10.6 Å². The summed E-state index contributed by atoms with van der Waals surface area (Å²) in [6.45, 7) is 1.89. The number of carbonyl (C=O) groups is 3. The molecule has 5 rings (SSSR count). The van der Waals surface area contributed by atoms with Crippen molar-refractivity contribution in [2.75, 3.05) is 11.9 Å². The average molecular weight is 512 g/mol. The van der Waals surface area contributed by atoms with Crippen molar-refractivity contribution in [3.8, 4) is 0 Å². The molecular weight excluding hydrogens is 482 g/mol. The van der Waals surface area contributed by atoms with Crippen molar-refractivity contribution in [3.05, 3.63) is 65.2 Å². The van der Waals surface area contributed by atoms with Crippen LogP contribution in [0.3, 0.4) is 0 Å². The summed E-state index contributed by atoms with van der Waals surface area (Å²) in [4.78, 5) is 42.5. The zero-order chi connectivity index (χ0) is 25.4.